The summed E-state index contributed by atoms with van der Waals surface area (Å²) in [7, 11) is 0. The van der Waals surface area contributed by atoms with Gasteiger partial charge in [0, 0.05) is 30.2 Å². The van der Waals surface area contributed by atoms with E-state index in [2.05, 4.69) is 25.6 Å². The van der Waals surface area contributed by atoms with E-state index >= 15 is 0 Å². The second-order valence-electron chi connectivity index (χ2n) is 6.24. The topological polar surface area (TPSA) is 83.1 Å². The Morgan fingerprint density at radius 3 is 2.92 bits per heavy atom. The van der Waals surface area contributed by atoms with E-state index in [0.29, 0.717) is 18.3 Å². The largest absolute Gasteiger partial charge is 0.371 e. The highest BCUT2D eigenvalue weighted by Crippen LogP contribution is 2.30. The Kier molecular flexibility index (Phi) is 4.22. The van der Waals surface area contributed by atoms with Gasteiger partial charge in [0.05, 0.1) is 18.9 Å². The number of aromatic nitrogens is 3. The lowest BCUT2D eigenvalue weighted by Crippen LogP contribution is -2.43. The van der Waals surface area contributed by atoms with Crippen LogP contribution in [0.25, 0.3) is 0 Å². The van der Waals surface area contributed by atoms with Gasteiger partial charge in [0.2, 0.25) is 0 Å². The standard InChI is InChI=1S/C16H18ClN5O2/c17-11-3-1-10(2-4-11)15-8-22-7-12(5-13(22)9-24-15)19-16(23)14-6-18-21-20-14/h1-4,6,12-13,15H,5,7-9H2,(H,19,23)(H,18,20,21)/t12-,13+,15-/m1/s1. The summed E-state index contributed by atoms with van der Waals surface area (Å²) in [5.41, 5.74) is 1.45. The summed E-state index contributed by atoms with van der Waals surface area (Å²) in [5, 5.41) is 13.7. The van der Waals surface area contributed by atoms with Crippen molar-refractivity contribution < 1.29 is 9.53 Å². The molecule has 24 heavy (non-hydrogen) atoms. The van der Waals surface area contributed by atoms with Crippen molar-refractivity contribution in [1.29, 1.82) is 0 Å². The van der Waals surface area contributed by atoms with Crippen LogP contribution in [0.1, 0.15) is 28.6 Å². The van der Waals surface area contributed by atoms with E-state index < -0.39 is 0 Å². The molecule has 1 aromatic heterocycles. The highest BCUT2D eigenvalue weighted by Gasteiger charge is 2.38. The molecule has 0 aliphatic carbocycles. The zero-order valence-electron chi connectivity index (χ0n) is 13.0. The Morgan fingerprint density at radius 1 is 1.33 bits per heavy atom. The van der Waals surface area contributed by atoms with E-state index in [0.717, 1.165) is 30.1 Å². The maximum atomic E-state index is 12.1. The maximum absolute atomic E-state index is 12.1. The van der Waals surface area contributed by atoms with Crippen molar-refractivity contribution in [1.82, 2.24) is 25.6 Å². The van der Waals surface area contributed by atoms with Crippen molar-refractivity contribution in [2.24, 2.45) is 0 Å². The number of carbonyl (C=O) groups excluding carboxylic acids is 1. The fraction of sp³-hybridized carbons (Fsp3) is 0.438. The highest BCUT2D eigenvalue weighted by molar-refractivity contribution is 6.30. The van der Waals surface area contributed by atoms with Crippen LogP contribution in [0.5, 0.6) is 0 Å². The normalized spacial score (nSPS) is 27.0. The first-order valence-electron chi connectivity index (χ1n) is 7.97. The van der Waals surface area contributed by atoms with Crippen molar-refractivity contribution in [3.8, 4) is 0 Å². The molecule has 4 rings (SSSR count). The van der Waals surface area contributed by atoms with Gasteiger partial charge in [0.1, 0.15) is 0 Å². The summed E-state index contributed by atoms with van der Waals surface area (Å²) < 4.78 is 6.02. The number of benzene rings is 1. The second kappa shape index (κ2) is 6.51. The number of nitrogens with one attached hydrogen (secondary N) is 2. The Morgan fingerprint density at radius 2 is 2.17 bits per heavy atom. The number of aromatic amines is 1. The van der Waals surface area contributed by atoms with Crippen LogP contribution in [0.15, 0.2) is 30.5 Å². The highest BCUT2D eigenvalue weighted by atomic mass is 35.5. The van der Waals surface area contributed by atoms with Crippen molar-refractivity contribution in [2.45, 2.75) is 24.6 Å². The zero-order valence-corrected chi connectivity index (χ0v) is 13.7. The van der Waals surface area contributed by atoms with E-state index in [1.54, 1.807) is 0 Å². The number of fused-ring (bicyclic) bond motifs is 1. The van der Waals surface area contributed by atoms with Gasteiger partial charge in [-0.25, -0.2) is 0 Å². The number of ether oxygens (including phenoxy) is 1. The Bertz CT molecular complexity index is 706. The number of H-pyrrole nitrogens is 1. The number of hydrogen-bond donors (Lipinski definition) is 2. The predicted octanol–water partition coefficient (Wildman–Crippen LogP) is 1.40. The minimum absolute atomic E-state index is 0.0449. The monoisotopic (exact) mass is 347 g/mol. The average Bonchev–Trinajstić information content (AvgIpc) is 3.24. The van der Waals surface area contributed by atoms with Gasteiger partial charge in [0.25, 0.3) is 5.91 Å². The molecule has 7 nitrogen and oxygen atoms in total. The number of carbonyl (C=O) groups is 1. The molecule has 2 saturated heterocycles. The average molecular weight is 348 g/mol. The molecule has 0 saturated carbocycles. The summed E-state index contributed by atoms with van der Waals surface area (Å²) in [5.74, 6) is -0.191. The van der Waals surface area contributed by atoms with Crippen LogP contribution in [-0.4, -0.2) is 58.0 Å². The van der Waals surface area contributed by atoms with Crippen LogP contribution in [0.2, 0.25) is 5.02 Å². The van der Waals surface area contributed by atoms with Gasteiger partial charge in [-0.2, -0.15) is 15.4 Å². The summed E-state index contributed by atoms with van der Waals surface area (Å²) in [4.78, 5) is 14.5. The number of morpholine rings is 1. The van der Waals surface area contributed by atoms with Gasteiger partial charge in [0.15, 0.2) is 5.69 Å². The molecule has 2 aromatic rings. The Balaban J connectivity index is 1.37. The van der Waals surface area contributed by atoms with Gasteiger partial charge < -0.3 is 10.1 Å². The van der Waals surface area contributed by atoms with Crippen molar-refractivity contribution in [3.63, 3.8) is 0 Å². The smallest absolute Gasteiger partial charge is 0.273 e. The molecule has 126 valence electrons. The minimum Gasteiger partial charge on any atom is -0.371 e. The first-order valence-corrected chi connectivity index (χ1v) is 8.34. The zero-order chi connectivity index (χ0) is 16.5. The van der Waals surface area contributed by atoms with Crippen molar-refractivity contribution >= 4 is 17.5 Å². The molecule has 3 heterocycles. The number of halogens is 1. The molecule has 8 heteroatoms. The summed E-state index contributed by atoms with van der Waals surface area (Å²) >= 11 is 5.95. The van der Waals surface area contributed by atoms with Crippen molar-refractivity contribution in [2.75, 3.05) is 19.7 Å². The Hall–Kier alpha value is -1.96. The lowest BCUT2D eigenvalue weighted by Gasteiger charge is -2.35. The first kappa shape index (κ1) is 15.6. The molecule has 2 N–H and O–H groups in total. The number of rotatable bonds is 3. The molecule has 2 fully saturated rings. The van der Waals surface area contributed by atoms with Crippen LogP contribution < -0.4 is 5.32 Å². The van der Waals surface area contributed by atoms with Crippen LogP contribution >= 0.6 is 11.6 Å². The maximum Gasteiger partial charge on any atom is 0.273 e. The molecule has 0 unspecified atom stereocenters. The van der Waals surface area contributed by atoms with Gasteiger partial charge in [-0.15, -0.1) is 0 Å². The van der Waals surface area contributed by atoms with Crippen LogP contribution in [0, 0.1) is 0 Å². The molecule has 2 aliphatic rings. The predicted molar refractivity (Wildman–Crippen MR) is 87.8 cm³/mol. The minimum atomic E-state index is -0.191. The van der Waals surface area contributed by atoms with E-state index in [1.165, 1.54) is 6.20 Å². The summed E-state index contributed by atoms with van der Waals surface area (Å²) in [6.45, 7) is 2.31. The lowest BCUT2D eigenvalue weighted by atomic mass is 10.1. The third-order valence-corrected chi connectivity index (χ3v) is 4.89. The van der Waals surface area contributed by atoms with Gasteiger partial charge in [-0.1, -0.05) is 23.7 Å². The molecule has 3 atom stereocenters. The number of amides is 1. The van der Waals surface area contributed by atoms with E-state index in [1.807, 2.05) is 24.3 Å². The molecule has 1 amide bonds. The van der Waals surface area contributed by atoms with Crippen LogP contribution in [0.3, 0.4) is 0 Å². The molecule has 0 radical (unpaired) electrons. The van der Waals surface area contributed by atoms with Gasteiger partial charge >= 0.3 is 0 Å². The van der Waals surface area contributed by atoms with E-state index in [9.17, 15) is 4.79 Å². The van der Waals surface area contributed by atoms with E-state index in [-0.39, 0.29) is 18.1 Å². The first-order chi connectivity index (χ1) is 11.7. The number of hydrogen-bond acceptors (Lipinski definition) is 5. The fourth-order valence-electron chi connectivity index (χ4n) is 3.43. The molecular formula is C16H18ClN5O2. The van der Waals surface area contributed by atoms with Crippen LogP contribution in [0.4, 0.5) is 0 Å². The quantitative estimate of drug-likeness (QED) is 0.877. The Labute approximate surface area is 144 Å². The fourth-order valence-corrected chi connectivity index (χ4v) is 3.55. The second-order valence-corrected chi connectivity index (χ2v) is 6.68. The third kappa shape index (κ3) is 3.15. The molecule has 0 bridgehead atoms. The summed E-state index contributed by atoms with van der Waals surface area (Å²) in [6, 6.07) is 8.23. The molecule has 2 aliphatic heterocycles. The third-order valence-electron chi connectivity index (χ3n) is 4.64. The SMILES string of the molecule is O=C(N[C@@H]1C[C@H]2CO[C@@H](c3ccc(Cl)cc3)CN2C1)c1cn[nH]n1. The molecular weight excluding hydrogens is 330 g/mol. The molecule has 0 spiro atoms. The lowest BCUT2D eigenvalue weighted by molar-refractivity contribution is -0.0502. The number of nitrogens with zero attached hydrogens (tertiary/aromatic N) is 3. The van der Waals surface area contributed by atoms with Gasteiger partial charge in [-0.05, 0) is 24.1 Å². The van der Waals surface area contributed by atoms with Crippen molar-refractivity contribution in [3.05, 3.63) is 46.7 Å². The molecule has 1 aromatic carbocycles. The van der Waals surface area contributed by atoms with Gasteiger partial charge in [-0.3, -0.25) is 9.69 Å². The van der Waals surface area contributed by atoms with E-state index in [4.69, 9.17) is 16.3 Å². The summed E-state index contributed by atoms with van der Waals surface area (Å²) in [6.07, 6.45) is 2.36. The van der Waals surface area contributed by atoms with Crippen LogP contribution in [-0.2, 0) is 4.74 Å².